The molecule has 4 nitrogen and oxygen atoms in total. The highest BCUT2D eigenvalue weighted by atomic mass is 79.9. The van der Waals surface area contributed by atoms with Crippen LogP contribution in [0.15, 0.2) is 18.2 Å². The summed E-state index contributed by atoms with van der Waals surface area (Å²) < 4.78 is 15.0. The maximum Gasteiger partial charge on any atom is 0.319 e. The molecule has 17 heavy (non-hydrogen) atoms. The zero-order valence-electron chi connectivity index (χ0n) is 10.0. The maximum absolute atomic E-state index is 11.3. The number of hydrogen-bond acceptors (Lipinski definition) is 4. The van der Waals surface area contributed by atoms with Crippen molar-refractivity contribution >= 4 is 21.9 Å². The molecule has 0 radical (unpaired) electrons. The third kappa shape index (κ3) is 3.63. The Hall–Kier alpha value is -1.23. The predicted octanol–water partition coefficient (Wildman–Crippen LogP) is 2.18. The molecule has 0 aliphatic carbocycles. The third-order valence-corrected chi connectivity index (χ3v) is 3.02. The van der Waals surface area contributed by atoms with Crippen molar-refractivity contribution in [2.75, 3.05) is 21.3 Å². The number of ether oxygens (including phenoxy) is 3. The number of esters is 1. The van der Waals surface area contributed by atoms with Crippen molar-refractivity contribution in [3.63, 3.8) is 0 Å². The van der Waals surface area contributed by atoms with E-state index < -0.39 is 0 Å². The molecule has 0 aliphatic rings. The summed E-state index contributed by atoms with van der Waals surface area (Å²) in [7, 11) is 4.53. The molecule has 0 amide bonds. The minimum absolute atomic E-state index is 0.292. The highest BCUT2D eigenvalue weighted by molar-refractivity contribution is 9.10. The number of alkyl halides is 1. The molecule has 1 unspecified atom stereocenters. The van der Waals surface area contributed by atoms with Gasteiger partial charge in [0.25, 0.3) is 0 Å². The quantitative estimate of drug-likeness (QED) is 0.618. The normalized spacial score (nSPS) is 11.8. The minimum Gasteiger partial charge on any atom is -0.493 e. The second kappa shape index (κ2) is 6.49. The molecular formula is C12H15BrO4. The van der Waals surface area contributed by atoms with Crippen molar-refractivity contribution in [3.05, 3.63) is 23.8 Å². The molecule has 0 spiro atoms. The SMILES string of the molecule is COC(=O)C(Br)Cc1ccc(OC)c(OC)c1. The van der Waals surface area contributed by atoms with Gasteiger partial charge >= 0.3 is 5.97 Å². The molecular weight excluding hydrogens is 288 g/mol. The fraction of sp³-hybridized carbons (Fsp3) is 0.417. The summed E-state index contributed by atoms with van der Waals surface area (Å²) in [6.45, 7) is 0. The molecule has 0 saturated carbocycles. The minimum atomic E-state index is -0.356. The van der Waals surface area contributed by atoms with Crippen LogP contribution in [-0.2, 0) is 16.0 Å². The van der Waals surface area contributed by atoms with Crippen LogP contribution in [0, 0.1) is 0 Å². The number of methoxy groups -OCH3 is 3. The van der Waals surface area contributed by atoms with Crippen LogP contribution in [0.3, 0.4) is 0 Å². The molecule has 0 bridgehead atoms. The van der Waals surface area contributed by atoms with Crippen molar-refractivity contribution in [3.8, 4) is 11.5 Å². The molecule has 0 fully saturated rings. The Morgan fingerprint density at radius 1 is 1.24 bits per heavy atom. The zero-order chi connectivity index (χ0) is 12.8. The van der Waals surface area contributed by atoms with Crippen LogP contribution >= 0.6 is 15.9 Å². The lowest BCUT2D eigenvalue weighted by Crippen LogP contribution is -2.18. The Bertz CT molecular complexity index is 392. The van der Waals surface area contributed by atoms with Gasteiger partial charge < -0.3 is 14.2 Å². The van der Waals surface area contributed by atoms with Gasteiger partial charge in [-0.15, -0.1) is 0 Å². The fourth-order valence-electron chi connectivity index (χ4n) is 1.43. The van der Waals surface area contributed by atoms with E-state index in [2.05, 4.69) is 20.7 Å². The lowest BCUT2D eigenvalue weighted by molar-refractivity contribution is -0.139. The smallest absolute Gasteiger partial charge is 0.319 e. The Kier molecular flexibility index (Phi) is 5.28. The summed E-state index contributed by atoms with van der Waals surface area (Å²) >= 11 is 3.28. The molecule has 0 aliphatic heterocycles. The van der Waals surface area contributed by atoms with Crippen LogP contribution in [0.2, 0.25) is 0 Å². The van der Waals surface area contributed by atoms with Gasteiger partial charge in [-0.25, -0.2) is 0 Å². The van der Waals surface area contributed by atoms with E-state index in [4.69, 9.17) is 9.47 Å². The van der Waals surface area contributed by atoms with Gasteiger partial charge in [-0.2, -0.15) is 0 Å². The summed E-state index contributed by atoms with van der Waals surface area (Å²) in [6.07, 6.45) is 0.535. The van der Waals surface area contributed by atoms with E-state index in [9.17, 15) is 4.79 Å². The van der Waals surface area contributed by atoms with Crippen LogP contribution in [0.4, 0.5) is 0 Å². The van der Waals surface area contributed by atoms with E-state index in [0.29, 0.717) is 17.9 Å². The van der Waals surface area contributed by atoms with Gasteiger partial charge in [0.2, 0.25) is 0 Å². The Balaban J connectivity index is 2.82. The standard InChI is InChI=1S/C12H15BrO4/c1-15-10-5-4-8(7-11(10)16-2)6-9(13)12(14)17-3/h4-5,7,9H,6H2,1-3H3. The number of halogens is 1. The highest BCUT2D eigenvalue weighted by Crippen LogP contribution is 2.28. The summed E-state index contributed by atoms with van der Waals surface area (Å²) in [5.41, 5.74) is 0.968. The molecule has 1 atom stereocenters. The first kappa shape index (κ1) is 13.8. The van der Waals surface area contributed by atoms with E-state index in [-0.39, 0.29) is 10.8 Å². The average Bonchev–Trinajstić information content (AvgIpc) is 2.37. The van der Waals surface area contributed by atoms with Crippen molar-refractivity contribution < 1.29 is 19.0 Å². The zero-order valence-corrected chi connectivity index (χ0v) is 11.6. The number of hydrogen-bond donors (Lipinski definition) is 0. The van der Waals surface area contributed by atoms with Crippen molar-refractivity contribution in [2.45, 2.75) is 11.2 Å². The molecule has 0 saturated heterocycles. The first-order valence-corrected chi connectivity index (χ1v) is 5.96. The Morgan fingerprint density at radius 2 is 1.88 bits per heavy atom. The van der Waals surface area contributed by atoms with Crippen LogP contribution in [0.25, 0.3) is 0 Å². The van der Waals surface area contributed by atoms with Gasteiger partial charge in [-0.05, 0) is 24.1 Å². The highest BCUT2D eigenvalue weighted by Gasteiger charge is 2.16. The van der Waals surface area contributed by atoms with Gasteiger partial charge in [0.05, 0.1) is 21.3 Å². The largest absolute Gasteiger partial charge is 0.493 e. The number of benzene rings is 1. The average molecular weight is 303 g/mol. The summed E-state index contributed by atoms with van der Waals surface area (Å²) in [5.74, 6) is 1.02. The van der Waals surface area contributed by atoms with Crippen LogP contribution in [0.5, 0.6) is 11.5 Å². The molecule has 0 heterocycles. The van der Waals surface area contributed by atoms with Gasteiger partial charge in [0.1, 0.15) is 4.83 Å². The monoisotopic (exact) mass is 302 g/mol. The summed E-state index contributed by atoms with van der Waals surface area (Å²) in [4.78, 5) is 10.9. The van der Waals surface area contributed by atoms with Crippen LogP contribution in [-0.4, -0.2) is 32.1 Å². The van der Waals surface area contributed by atoms with Crippen LogP contribution < -0.4 is 9.47 Å². The van der Waals surface area contributed by atoms with E-state index in [1.54, 1.807) is 14.2 Å². The first-order valence-electron chi connectivity index (χ1n) is 5.05. The van der Waals surface area contributed by atoms with Gasteiger partial charge in [0, 0.05) is 0 Å². The number of carbonyl (C=O) groups excluding carboxylic acids is 1. The van der Waals surface area contributed by atoms with Crippen molar-refractivity contribution in [1.82, 2.24) is 0 Å². The Morgan fingerprint density at radius 3 is 2.41 bits per heavy atom. The molecule has 0 aromatic heterocycles. The van der Waals surface area contributed by atoms with Gasteiger partial charge in [-0.3, -0.25) is 4.79 Å². The van der Waals surface area contributed by atoms with E-state index in [1.165, 1.54) is 7.11 Å². The fourth-order valence-corrected chi connectivity index (χ4v) is 1.99. The maximum atomic E-state index is 11.3. The predicted molar refractivity (Wildman–Crippen MR) is 68.0 cm³/mol. The van der Waals surface area contributed by atoms with Crippen molar-refractivity contribution in [1.29, 1.82) is 0 Å². The number of carbonyl (C=O) groups is 1. The number of rotatable bonds is 5. The summed E-state index contributed by atoms with van der Waals surface area (Å²) in [6, 6.07) is 5.54. The van der Waals surface area contributed by atoms with E-state index in [0.717, 1.165) is 5.56 Å². The lowest BCUT2D eigenvalue weighted by Gasteiger charge is -2.11. The van der Waals surface area contributed by atoms with E-state index in [1.807, 2.05) is 18.2 Å². The molecule has 1 aromatic rings. The van der Waals surface area contributed by atoms with Gasteiger partial charge in [-0.1, -0.05) is 22.0 Å². The Labute approximate surface area is 109 Å². The van der Waals surface area contributed by atoms with Gasteiger partial charge in [0.15, 0.2) is 11.5 Å². The summed E-state index contributed by atoms with van der Waals surface area (Å²) in [5, 5.41) is 0. The lowest BCUT2D eigenvalue weighted by atomic mass is 10.1. The van der Waals surface area contributed by atoms with Crippen molar-refractivity contribution in [2.24, 2.45) is 0 Å². The molecule has 5 heteroatoms. The molecule has 1 rings (SSSR count). The topological polar surface area (TPSA) is 44.8 Å². The second-order valence-electron chi connectivity index (χ2n) is 3.38. The second-order valence-corrected chi connectivity index (χ2v) is 4.49. The molecule has 94 valence electrons. The van der Waals surface area contributed by atoms with Crippen LogP contribution in [0.1, 0.15) is 5.56 Å². The third-order valence-electron chi connectivity index (χ3n) is 2.32. The van der Waals surface area contributed by atoms with E-state index >= 15 is 0 Å². The first-order chi connectivity index (χ1) is 8.12. The molecule has 1 aromatic carbocycles. The molecule has 0 N–H and O–H groups in total.